The van der Waals surface area contributed by atoms with E-state index in [4.69, 9.17) is 4.74 Å². The summed E-state index contributed by atoms with van der Waals surface area (Å²) < 4.78 is 49.4. The van der Waals surface area contributed by atoms with Crippen LogP contribution in [0.3, 0.4) is 0 Å². The summed E-state index contributed by atoms with van der Waals surface area (Å²) in [6, 6.07) is 22.8. The zero-order chi connectivity index (χ0) is 23.9. The van der Waals surface area contributed by atoms with Crippen LogP contribution in [-0.2, 0) is 0 Å². The second kappa shape index (κ2) is 8.29. The number of hydrogen-bond acceptors (Lipinski definition) is 3. The minimum absolute atomic E-state index is 0.149. The lowest BCUT2D eigenvalue weighted by Crippen LogP contribution is -1.96. The van der Waals surface area contributed by atoms with Gasteiger partial charge in [-0.1, -0.05) is 18.2 Å². The quantitative estimate of drug-likeness (QED) is 0.270. The van der Waals surface area contributed by atoms with Crippen molar-refractivity contribution in [2.45, 2.75) is 0 Å². The van der Waals surface area contributed by atoms with Gasteiger partial charge in [0.25, 0.3) is 0 Å². The number of nitrogens with zero attached hydrogens (tertiary/aromatic N) is 3. The Morgan fingerprint density at radius 3 is 2.31 bits per heavy atom. The number of benzene rings is 3. The summed E-state index contributed by atoms with van der Waals surface area (Å²) in [5.41, 5.74) is 2.92. The number of pyridine rings is 2. The van der Waals surface area contributed by atoms with E-state index in [1.54, 1.807) is 18.3 Å². The molecule has 0 aliphatic rings. The third kappa shape index (κ3) is 3.87. The molecule has 0 bridgehead atoms. The van der Waals surface area contributed by atoms with E-state index in [-0.39, 0.29) is 17.4 Å². The maximum absolute atomic E-state index is 14.5. The minimum Gasteiger partial charge on any atom is -0.439 e. The van der Waals surface area contributed by atoms with Crippen molar-refractivity contribution in [3.8, 4) is 28.6 Å². The van der Waals surface area contributed by atoms with Crippen molar-refractivity contribution >= 4 is 21.8 Å². The fourth-order valence-electron chi connectivity index (χ4n) is 4.24. The van der Waals surface area contributed by atoms with Crippen LogP contribution in [0.15, 0.2) is 97.3 Å². The fraction of sp³-hybridized carbons (Fsp3) is 0. The molecule has 3 aromatic heterocycles. The second-order valence-electron chi connectivity index (χ2n) is 8.01. The summed E-state index contributed by atoms with van der Waals surface area (Å²) in [5.74, 6) is -0.257. The summed E-state index contributed by atoms with van der Waals surface area (Å²) in [5, 5.41) is 1.60. The average molecular weight is 467 g/mol. The molecule has 4 nitrogen and oxygen atoms in total. The highest BCUT2D eigenvalue weighted by atomic mass is 19.1. The van der Waals surface area contributed by atoms with Gasteiger partial charge in [-0.2, -0.15) is 0 Å². The van der Waals surface area contributed by atoms with Gasteiger partial charge in [0, 0.05) is 29.1 Å². The lowest BCUT2D eigenvalue weighted by molar-refractivity contribution is 0.455. The van der Waals surface area contributed by atoms with Gasteiger partial charge in [-0.3, -0.25) is 4.57 Å². The van der Waals surface area contributed by atoms with Crippen molar-refractivity contribution in [3.05, 3.63) is 115 Å². The Bertz CT molecular complexity index is 1700. The molecule has 7 heteroatoms. The fourth-order valence-corrected chi connectivity index (χ4v) is 4.24. The molecule has 170 valence electrons. The third-order valence-corrected chi connectivity index (χ3v) is 5.73. The maximum Gasteiger partial charge on any atom is 0.219 e. The molecular weight excluding hydrogens is 451 g/mol. The lowest BCUT2D eigenvalue weighted by Gasteiger charge is -2.10. The minimum atomic E-state index is -0.493. The molecular formula is C28H16F3N3O. The highest BCUT2D eigenvalue weighted by Crippen LogP contribution is 2.36. The van der Waals surface area contributed by atoms with Crippen molar-refractivity contribution in [1.82, 2.24) is 14.5 Å². The molecule has 0 saturated heterocycles. The summed E-state index contributed by atoms with van der Waals surface area (Å²) in [7, 11) is 0. The van der Waals surface area contributed by atoms with Gasteiger partial charge in [-0.25, -0.2) is 23.1 Å². The summed E-state index contributed by atoms with van der Waals surface area (Å²) in [6.07, 6.45) is 2.72. The number of aromatic nitrogens is 3. The Labute approximate surface area is 197 Å². The monoisotopic (exact) mass is 467 g/mol. The molecule has 35 heavy (non-hydrogen) atoms. The van der Waals surface area contributed by atoms with Crippen molar-refractivity contribution in [1.29, 1.82) is 0 Å². The van der Waals surface area contributed by atoms with Gasteiger partial charge >= 0.3 is 0 Å². The van der Waals surface area contributed by atoms with E-state index in [1.807, 2.05) is 41.0 Å². The molecule has 0 amide bonds. The number of ether oxygens (including phenoxy) is 1. The molecule has 6 aromatic rings. The molecule has 6 rings (SSSR count). The molecule has 3 heterocycles. The van der Waals surface area contributed by atoms with Crippen molar-refractivity contribution < 1.29 is 17.9 Å². The van der Waals surface area contributed by atoms with Crippen LogP contribution in [0.5, 0.6) is 11.6 Å². The lowest BCUT2D eigenvalue weighted by atomic mass is 10.0. The van der Waals surface area contributed by atoms with Gasteiger partial charge in [0.2, 0.25) is 5.88 Å². The zero-order valence-corrected chi connectivity index (χ0v) is 18.1. The van der Waals surface area contributed by atoms with Crippen molar-refractivity contribution in [2.24, 2.45) is 0 Å². The Kier molecular flexibility index (Phi) is 4.95. The first-order valence-electron chi connectivity index (χ1n) is 10.8. The van der Waals surface area contributed by atoms with Crippen LogP contribution in [0.2, 0.25) is 0 Å². The average Bonchev–Trinajstić information content (AvgIpc) is 3.18. The molecule has 3 aromatic carbocycles. The maximum atomic E-state index is 14.5. The molecule has 0 fully saturated rings. The number of halogens is 3. The largest absolute Gasteiger partial charge is 0.439 e. The van der Waals surface area contributed by atoms with Gasteiger partial charge in [0.1, 0.15) is 29.0 Å². The van der Waals surface area contributed by atoms with E-state index in [2.05, 4.69) is 9.97 Å². The first-order valence-corrected chi connectivity index (χ1v) is 10.8. The zero-order valence-electron chi connectivity index (χ0n) is 18.1. The summed E-state index contributed by atoms with van der Waals surface area (Å²) >= 11 is 0. The van der Waals surface area contributed by atoms with Crippen LogP contribution in [0, 0.1) is 17.5 Å². The van der Waals surface area contributed by atoms with Gasteiger partial charge < -0.3 is 4.74 Å². The van der Waals surface area contributed by atoms with Crippen LogP contribution < -0.4 is 4.74 Å². The number of hydrogen-bond donors (Lipinski definition) is 0. The Hall–Kier alpha value is -4.65. The van der Waals surface area contributed by atoms with Crippen LogP contribution in [0.1, 0.15) is 0 Å². The molecule has 0 radical (unpaired) electrons. The van der Waals surface area contributed by atoms with E-state index in [1.165, 1.54) is 36.4 Å². The summed E-state index contributed by atoms with van der Waals surface area (Å²) in [4.78, 5) is 8.35. The van der Waals surface area contributed by atoms with Crippen LogP contribution in [0.4, 0.5) is 13.2 Å². The standard InChI is InChI=1S/C28H16F3N3O/c29-19-5-8-25-24(15-19)23-7-4-17(13-26(23)34(25)27-3-1-2-10-32-27)18-11-21(31)14-22(12-18)35-28-9-6-20(30)16-33-28/h1-16H. The topological polar surface area (TPSA) is 39.9 Å². The van der Waals surface area contributed by atoms with Gasteiger partial charge in [0.15, 0.2) is 0 Å². The second-order valence-corrected chi connectivity index (χ2v) is 8.01. The number of fused-ring (bicyclic) bond motifs is 3. The third-order valence-electron chi connectivity index (χ3n) is 5.73. The van der Waals surface area contributed by atoms with E-state index < -0.39 is 11.6 Å². The molecule has 0 aliphatic carbocycles. The van der Waals surface area contributed by atoms with Gasteiger partial charge in [0.05, 0.1) is 17.2 Å². The van der Waals surface area contributed by atoms with E-state index >= 15 is 0 Å². The molecule has 0 atom stereocenters. The number of rotatable bonds is 4. The van der Waals surface area contributed by atoms with Crippen LogP contribution >= 0.6 is 0 Å². The SMILES string of the molecule is Fc1ccc(Oc2cc(F)cc(-c3ccc4c5cc(F)ccc5n(-c5ccccn5)c4c3)c2)nc1. The molecule has 0 aliphatic heterocycles. The Morgan fingerprint density at radius 2 is 1.51 bits per heavy atom. The Balaban J connectivity index is 1.51. The molecule has 0 saturated carbocycles. The Morgan fingerprint density at radius 1 is 0.629 bits per heavy atom. The van der Waals surface area contributed by atoms with Gasteiger partial charge in [-0.15, -0.1) is 0 Å². The van der Waals surface area contributed by atoms with Crippen molar-refractivity contribution in [3.63, 3.8) is 0 Å². The highest BCUT2D eigenvalue weighted by molar-refractivity contribution is 6.10. The van der Waals surface area contributed by atoms with Gasteiger partial charge in [-0.05, 0) is 65.7 Å². The smallest absolute Gasteiger partial charge is 0.219 e. The predicted octanol–water partition coefficient (Wildman–Crippen LogP) is 7.45. The predicted molar refractivity (Wildman–Crippen MR) is 128 cm³/mol. The van der Waals surface area contributed by atoms with Crippen LogP contribution in [-0.4, -0.2) is 14.5 Å². The molecule has 0 N–H and O–H groups in total. The summed E-state index contributed by atoms with van der Waals surface area (Å²) in [6.45, 7) is 0. The molecule has 0 unspecified atom stereocenters. The van der Waals surface area contributed by atoms with E-state index in [0.717, 1.165) is 33.6 Å². The highest BCUT2D eigenvalue weighted by Gasteiger charge is 2.15. The normalized spacial score (nSPS) is 11.3. The first kappa shape index (κ1) is 20.9. The van der Waals surface area contributed by atoms with Crippen LogP contribution in [0.25, 0.3) is 38.8 Å². The van der Waals surface area contributed by atoms with Crippen molar-refractivity contribution in [2.75, 3.05) is 0 Å². The first-order chi connectivity index (χ1) is 17.0. The molecule has 0 spiro atoms. The van der Waals surface area contributed by atoms with E-state index in [9.17, 15) is 13.2 Å². The van der Waals surface area contributed by atoms with E-state index in [0.29, 0.717) is 11.4 Å².